The number of aromatic nitrogens is 1. The van der Waals surface area contributed by atoms with Crippen LogP contribution in [0.5, 0.6) is 0 Å². The molecule has 0 bridgehead atoms. The lowest BCUT2D eigenvalue weighted by molar-refractivity contribution is -0.140. The molecule has 0 spiro atoms. The number of fused-ring (bicyclic) bond motifs is 1. The van der Waals surface area contributed by atoms with Crippen molar-refractivity contribution in [2.45, 2.75) is 6.18 Å². The first-order valence-corrected chi connectivity index (χ1v) is 8.96. The van der Waals surface area contributed by atoms with E-state index >= 15 is 0 Å². The quantitative estimate of drug-likeness (QED) is 0.844. The number of alkyl halides is 3. The average Bonchev–Trinajstić information content (AvgIpc) is 2.94. The molecular formula is C12H9F3N4O3S2. The zero-order valence-corrected chi connectivity index (χ0v) is 13.4. The molecule has 24 heavy (non-hydrogen) atoms. The lowest BCUT2D eigenvalue weighted by atomic mass is 10.2. The van der Waals surface area contributed by atoms with Crippen LogP contribution in [-0.2, 0) is 21.0 Å². The van der Waals surface area contributed by atoms with Crippen molar-refractivity contribution in [3.63, 3.8) is 0 Å². The number of amides is 1. The van der Waals surface area contributed by atoms with Gasteiger partial charge in [-0.25, -0.2) is 13.4 Å². The molecular weight excluding hydrogens is 369 g/mol. The van der Waals surface area contributed by atoms with Crippen molar-refractivity contribution in [3.05, 3.63) is 35.0 Å². The molecule has 0 saturated heterocycles. The van der Waals surface area contributed by atoms with E-state index in [1.807, 2.05) is 0 Å². The molecule has 3 rings (SSSR count). The van der Waals surface area contributed by atoms with E-state index in [-0.39, 0.29) is 28.8 Å². The van der Waals surface area contributed by atoms with E-state index in [2.05, 4.69) is 14.7 Å². The fourth-order valence-electron chi connectivity index (χ4n) is 1.97. The zero-order chi connectivity index (χ0) is 17.5. The number of sulfonamides is 1. The number of thiazole rings is 1. The van der Waals surface area contributed by atoms with Crippen LogP contribution in [0.4, 0.5) is 18.3 Å². The Bertz CT molecular complexity index is 884. The van der Waals surface area contributed by atoms with Gasteiger partial charge in [-0.1, -0.05) is 0 Å². The van der Waals surface area contributed by atoms with Gasteiger partial charge in [0.15, 0.2) is 10.8 Å². The first-order valence-electron chi connectivity index (χ1n) is 6.47. The van der Waals surface area contributed by atoms with Gasteiger partial charge in [0.2, 0.25) is 0 Å². The zero-order valence-electron chi connectivity index (χ0n) is 11.7. The van der Waals surface area contributed by atoms with Crippen LogP contribution in [0.2, 0.25) is 0 Å². The van der Waals surface area contributed by atoms with Crippen molar-refractivity contribution in [2.24, 2.45) is 4.40 Å². The van der Waals surface area contributed by atoms with Crippen LogP contribution in [-0.4, -0.2) is 42.3 Å². The Morgan fingerprint density at radius 1 is 1.33 bits per heavy atom. The maximum atomic E-state index is 12.5. The Balaban J connectivity index is 1.74. The number of hydrogen-bond acceptors (Lipinski definition) is 6. The third-order valence-electron chi connectivity index (χ3n) is 3.10. The van der Waals surface area contributed by atoms with Crippen molar-refractivity contribution >= 4 is 38.2 Å². The van der Waals surface area contributed by atoms with Gasteiger partial charge >= 0.3 is 6.18 Å². The molecule has 1 N–H and O–H groups in total. The molecule has 0 radical (unpaired) electrons. The van der Waals surface area contributed by atoms with Gasteiger partial charge in [-0.15, -0.1) is 15.7 Å². The molecule has 0 aromatic carbocycles. The number of nitrogens with one attached hydrogen (secondary N) is 1. The van der Waals surface area contributed by atoms with Gasteiger partial charge in [0.05, 0.1) is 11.3 Å². The molecule has 128 valence electrons. The smallest absolute Gasteiger partial charge is 0.330 e. The summed E-state index contributed by atoms with van der Waals surface area (Å²) in [4.78, 5) is 16.9. The van der Waals surface area contributed by atoms with E-state index in [1.165, 1.54) is 23.3 Å². The topological polar surface area (TPSA) is 91.7 Å². The highest BCUT2D eigenvalue weighted by Crippen LogP contribution is 2.31. The number of carbonyl (C=O) groups excluding carboxylic acids is 1. The first kappa shape index (κ1) is 16.6. The van der Waals surface area contributed by atoms with Crippen LogP contribution < -0.4 is 5.32 Å². The summed E-state index contributed by atoms with van der Waals surface area (Å²) in [6.45, 7) is 0.137. The van der Waals surface area contributed by atoms with Crippen LogP contribution in [0.1, 0.15) is 5.69 Å². The number of halogens is 3. The minimum atomic E-state index is -4.58. The standard InChI is InChI=1S/C12H9F3N4O3S2/c13-12(14,15)8-6-23-11(16-8)17-10(20)7-1-2-9-18-24(21,22)4-3-19(9)5-7/h1-2,5-6H,3-4H2,(H,16,17,20). The molecule has 0 saturated carbocycles. The summed E-state index contributed by atoms with van der Waals surface area (Å²) in [5, 5.41) is 2.91. The predicted octanol–water partition coefficient (Wildman–Crippen LogP) is 1.60. The molecule has 3 heterocycles. The molecule has 7 nitrogen and oxygen atoms in total. The number of carbonyl (C=O) groups is 1. The number of rotatable bonds is 2. The summed E-state index contributed by atoms with van der Waals surface area (Å²) < 4.78 is 63.8. The summed E-state index contributed by atoms with van der Waals surface area (Å²) in [5.41, 5.74) is -0.927. The molecule has 0 unspecified atom stereocenters. The van der Waals surface area contributed by atoms with Crippen LogP contribution in [0.15, 0.2) is 33.7 Å². The fourth-order valence-corrected chi connectivity index (χ4v) is 3.65. The summed E-state index contributed by atoms with van der Waals surface area (Å²) in [7, 11) is -3.50. The average molecular weight is 378 g/mol. The minimum Gasteiger partial charge on any atom is -0.330 e. The number of anilines is 1. The number of nitrogens with zero attached hydrogens (tertiary/aromatic N) is 3. The third kappa shape index (κ3) is 3.48. The largest absolute Gasteiger partial charge is 0.434 e. The van der Waals surface area contributed by atoms with Gasteiger partial charge in [0.1, 0.15) is 5.84 Å². The highest BCUT2D eigenvalue weighted by Gasteiger charge is 2.34. The highest BCUT2D eigenvalue weighted by atomic mass is 32.2. The van der Waals surface area contributed by atoms with Crippen molar-refractivity contribution in [2.75, 3.05) is 17.6 Å². The second kappa shape index (κ2) is 5.70. The van der Waals surface area contributed by atoms with Crippen molar-refractivity contribution in [3.8, 4) is 0 Å². The molecule has 2 aliphatic rings. The Morgan fingerprint density at radius 2 is 2.08 bits per heavy atom. The van der Waals surface area contributed by atoms with Crippen LogP contribution >= 0.6 is 11.3 Å². The van der Waals surface area contributed by atoms with Gasteiger partial charge < -0.3 is 4.90 Å². The second-order valence-corrected chi connectivity index (χ2v) is 7.45. The molecule has 0 atom stereocenters. The van der Waals surface area contributed by atoms with Gasteiger partial charge in [-0.3, -0.25) is 10.1 Å². The Morgan fingerprint density at radius 3 is 2.75 bits per heavy atom. The normalized spacial score (nSPS) is 19.4. The van der Waals surface area contributed by atoms with E-state index in [0.717, 1.165) is 5.38 Å². The second-order valence-electron chi connectivity index (χ2n) is 4.84. The Labute approximate surface area is 138 Å². The maximum Gasteiger partial charge on any atom is 0.434 e. The van der Waals surface area contributed by atoms with Gasteiger partial charge in [0, 0.05) is 18.1 Å². The van der Waals surface area contributed by atoms with Gasteiger partial charge in [-0.2, -0.15) is 13.2 Å². The molecule has 1 aromatic heterocycles. The van der Waals surface area contributed by atoms with Gasteiger partial charge in [-0.05, 0) is 12.2 Å². The van der Waals surface area contributed by atoms with Gasteiger partial charge in [0.25, 0.3) is 15.9 Å². The fraction of sp³-hybridized carbons (Fsp3) is 0.250. The lowest BCUT2D eigenvalue weighted by Crippen LogP contribution is -2.37. The monoisotopic (exact) mass is 378 g/mol. The molecule has 12 heteroatoms. The molecule has 1 aromatic rings. The SMILES string of the molecule is O=C(Nc1nc(C(F)(F)F)cs1)C1=CN2CCS(=O)(=O)N=C2C=C1. The number of hydrogen-bond donors (Lipinski definition) is 1. The third-order valence-corrected chi connectivity index (χ3v) is 5.02. The molecule has 1 amide bonds. The predicted molar refractivity (Wildman–Crippen MR) is 80.9 cm³/mol. The van der Waals surface area contributed by atoms with Crippen molar-refractivity contribution in [1.82, 2.24) is 9.88 Å². The summed E-state index contributed by atoms with van der Waals surface area (Å²) in [6, 6.07) is 0. The van der Waals surface area contributed by atoms with E-state index in [4.69, 9.17) is 0 Å². The van der Waals surface area contributed by atoms with Crippen LogP contribution in [0.3, 0.4) is 0 Å². The Hall–Kier alpha value is -2.21. The Kier molecular flexibility index (Phi) is 3.95. The van der Waals surface area contributed by atoms with Crippen LogP contribution in [0.25, 0.3) is 0 Å². The summed E-state index contributed by atoms with van der Waals surface area (Å²) in [6.07, 6.45) is -0.492. The lowest BCUT2D eigenvalue weighted by Gasteiger charge is -2.26. The van der Waals surface area contributed by atoms with E-state index in [9.17, 15) is 26.4 Å². The first-order chi connectivity index (χ1) is 11.1. The van der Waals surface area contributed by atoms with Crippen molar-refractivity contribution < 1.29 is 26.4 Å². The van der Waals surface area contributed by atoms with Crippen molar-refractivity contribution in [1.29, 1.82) is 0 Å². The minimum absolute atomic E-state index is 0.137. The van der Waals surface area contributed by atoms with E-state index in [0.29, 0.717) is 11.3 Å². The summed E-state index contributed by atoms with van der Waals surface area (Å²) in [5.74, 6) is -0.648. The molecule has 0 aliphatic carbocycles. The van der Waals surface area contributed by atoms with E-state index < -0.39 is 27.8 Å². The molecule has 0 fully saturated rings. The number of amidine groups is 1. The van der Waals surface area contributed by atoms with Crippen LogP contribution in [0, 0.1) is 0 Å². The maximum absolute atomic E-state index is 12.5. The highest BCUT2D eigenvalue weighted by molar-refractivity contribution is 7.90. The van der Waals surface area contributed by atoms with E-state index in [1.54, 1.807) is 0 Å². The summed E-state index contributed by atoms with van der Waals surface area (Å²) >= 11 is 0.660. The molecule has 2 aliphatic heterocycles.